The quantitative estimate of drug-likeness (QED) is 0.502. The third kappa shape index (κ3) is 2.73. The van der Waals surface area contributed by atoms with Crippen molar-refractivity contribution in [3.8, 4) is 5.69 Å². The van der Waals surface area contributed by atoms with Crippen molar-refractivity contribution in [2.24, 2.45) is 0 Å². The van der Waals surface area contributed by atoms with Crippen LogP contribution in [0, 0.1) is 13.8 Å². The molecule has 4 heterocycles. The predicted molar refractivity (Wildman–Crippen MR) is 116 cm³/mol. The molecule has 5 aromatic rings. The molecule has 0 unspecified atom stereocenters. The Bertz CT molecular complexity index is 1480. The van der Waals surface area contributed by atoms with Crippen molar-refractivity contribution in [1.29, 1.82) is 0 Å². The van der Waals surface area contributed by atoms with Crippen LogP contribution in [0.15, 0.2) is 59.9 Å². The maximum absolute atomic E-state index is 13.6. The van der Waals surface area contributed by atoms with Gasteiger partial charge in [0.15, 0.2) is 5.65 Å². The summed E-state index contributed by atoms with van der Waals surface area (Å²) < 4.78 is 3.46. The molecule has 0 aliphatic heterocycles. The number of fused-ring (bicyclic) bond motifs is 2. The molecule has 2 N–H and O–H groups in total. The van der Waals surface area contributed by atoms with Crippen LogP contribution in [0.4, 0.5) is 5.82 Å². The molecule has 148 valence electrons. The third-order valence-electron chi connectivity index (χ3n) is 5.33. The summed E-state index contributed by atoms with van der Waals surface area (Å²) in [4.78, 5) is 26.4. The lowest BCUT2D eigenvalue weighted by atomic mass is 10.1. The smallest absolute Gasteiger partial charge is 0.265 e. The van der Waals surface area contributed by atoms with Crippen molar-refractivity contribution in [2.45, 2.75) is 20.4 Å². The summed E-state index contributed by atoms with van der Waals surface area (Å²) in [6.45, 7) is 4.24. The van der Waals surface area contributed by atoms with E-state index in [2.05, 4.69) is 20.1 Å². The average Bonchev–Trinajstić information content (AvgIpc) is 3.13. The first-order chi connectivity index (χ1) is 14.5. The van der Waals surface area contributed by atoms with E-state index in [0.717, 1.165) is 22.5 Å². The monoisotopic (exact) mass is 397 g/mol. The van der Waals surface area contributed by atoms with Gasteiger partial charge < -0.3 is 5.73 Å². The fourth-order valence-electron chi connectivity index (χ4n) is 3.81. The van der Waals surface area contributed by atoms with E-state index in [9.17, 15) is 4.79 Å². The lowest BCUT2D eigenvalue weighted by Gasteiger charge is -2.17. The number of para-hydroxylation sites is 1. The van der Waals surface area contributed by atoms with Gasteiger partial charge in [-0.2, -0.15) is 5.10 Å². The first kappa shape index (κ1) is 18.0. The van der Waals surface area contributed by atoms with Crippen LogP contribution >= 0.6 is 0 Å². The molecule has 5 rings (SSSR count). The summed E-state index contributed by atoms with van der Waals surface area (Å²) in [5, 5.41) is 5.72. The van der Waals surface area contributed by atoms with Gasteiger partial charge in [0, 0.05) is 6.20 Å². The fourth-order valence-corrected chi connectivity index (χ4v) is 3.81. The normalized spacial score (nSPS) is 11.4. The van der Waals surface area contributed by atoms with Crippen LogP contribution in [-0.2, 0) is 6.54 Å². The molecule has 0 aliphatic carbocycles. The number of pyridine rings is 2. The molecule has 0 atom stereocenters. The summed E-state index contributed by atoms with van der Waals surface area (Å²) >= 11 is 0. The molecule has 0 saturated carbocycles. The lowest BCUT2D eigenvalue weighted by molar-refractivity contribution is 0.669. The summed E-state index contributed by atoms with van der Waals surface area (Å²) in [5.41, 5.74) is 10.6. The van der Waals surface area contributed by atoms with Gasteiger partial charge in [0.05, 0.1) is 40.4 Å². The van der Waals surface area contributed by atoms with Crippen LogP contribution in [-0.4, -0.2) is 29.3 Å². The van der Waals surface area contributed by atoms with Gasteiger partial charge in [0.1, 0.15) is 12.1 Å². The molecule has 0 spiro atoms. The van der Waals surface area contributed by atoms with Crippen molar-refractivity contribution in [3.05, 3.63) is 82.3 Å². The number of nitrogens with zero attached hydrogens (tertiary/aromatic N) is 6. The Hall–Kier alpha value is -4.07. The fraction of sp³-hybridized carbons (Fsp3) is 0.136. The Morgan fingerprint density at radius 1 is 1.03 bits per heavy atom. The molecule has 0 amide bonds. The minimum atomic E-state index is -0.104. The van der Waals surface area contributed by atoms with E-state index in [-0.39, 0.29) is 5.56 Å². The number of rotatable bonds is 3. The van der Waals surface area contributed by atoms with Crippen LogP contribution in [0.2, 0.25) is 0 Å². The summed E-state index contributed by atoms with van der Waals surface area (Å²) in [6.07, 6.45) is 4.77. The Morgan fingerprint density at radius 3 is 2.70 bits per heavy atom. The second kappa shape index (κ2) is 6.77. The van der Waals surface area contributed by atoms with E-state index in [4.69, 9.17) is 5.73 Å². The molecule has 0 aliphatic rings. The van der Waals surface area contributed by atoms with E-state index >= 15 is 0 Å². The molecule has 0 saturated heterocycles. The van der Waals surface area contributed by atoms with Gasteiger partial charge in [-0.1, -0.05) is 18.2 Å². The number of hydrogen-bond donors (Lipinski definition) is 1. The molecule has 30 heavy (non-hydrogen) atoms. The van der Waals surface area contributed by atoms with Gasteiger partial charge in [-0.15, -0.1) is 0 Å². The zero-order chi connectivity index (χ0) is 20.8. The van der Waals surface area contributed by atoms with E-state index in [1.807, 2.05) is 50.2 Å². The standard InChI is InChI=1S/C22H19N7O/c1-13-5-3-4-6-18(13)29-15(9-17-19(22(29)30)14(2)7-8-24-17)11-28-21-16(10-27-28)20(23)25-12-26-21/h3-10,12H,11H2,1-2H3,(H2,23,25,26). The molecule has 4 aromatic heterocycles. The SMILES string of the molecule is Cc1ccccc1-n1c(Cn2ncc3c(N)ncnc32)cc2nccc(C)c2c1=O. The van der Waals surface area contributed by atoms with Crippen molar-refractivity contribution in [3.63, 3.8) is 0 Å². The molecule has 8 nitrogen and oxygen atoms in total. The van der Waals surface area contributed by atoms with Crippen LogP contribution in [0.3, 0.4) is 0 Å². The highest BCUT2D eigenvalue weighted by atomic mass is 16.1. The maximum atomic E-state index is 13.6. The Balaban J connectivity index is 1.80. The molecule has 1 aromatic carbocycles. The van der Waals surface area contributed by atoms with Gasteiger partial charge in [-0.3, -0.25) is 14.3 Å². The number of benzene rings is 1. The Morgan fingerprint density at radius 2 is 1.87 bits per heavy atom. The highest BCUT2D eigenvalue weighted by Crippen LogP contribution is 2.22. The van der Waals surface area contributed by atoms with Crippen LogP contribution < -0.4 is 11.3 Å². The lowest BCUT2D eigenvalue weighted by Crippen LogP contribution is -2.25. The molecule has 0 radical (unpaired) electrons. The number of nitrogens with two attached hydrogens (primary N) is 1. The number of nitrogen functional groups attached to an aromatic ring is 1. The van der Waals surface area contributed by atoms with Crippen molar-refractivity contribution in [2.75, 3.05) is 5.73 Å². The second-order valence-electron chi connectivity index (χ2n) is 7.25. The minimum Gasteiger partial charge on any atom is -0.383 e. The van der Waals surface area contributed by atoms with Crippen molar-refractivity contribution >= 4 is 27.8 Å². The largest absolute Gasteiger partial charge is 0.383 e. The van der Waals surface area contributed by atoms with Gasteiger partial charge >= 0.3 is 0 Å². The van der Waals surface area contributed by atoms with E-state index in [1.54, 1.807) is 21.6 Å². The van der Waals surface area contributed by atoms with Crippen LogP contribution in [0.5, 0.6) is 0 Å². The zero-order valence-corrected chi connectivity index (χ0v) is 16.6. The second-order valence-corrected chi connectivity index (χ2v) is 7.25. The maximum Gasteiger partial charge on any atom is 0.265 e. The first-order valence-corrected chi connectivity index (χ1v) is 9.53. The van der Waals surface area contributed by atoms with Gasteiger partial charge in [0.25, 0.3) is 5.56 Å². The summed E-state index contributed by atoms with van der Waals surface area (Å²) in [7, 11) is 0. The Labute approximate surface area is 171 Å². The average molecular weight is 397 g/mol. The van der Waals surface area contributed by atoms with Crippen molar-refractivity contribution < 1.29 is 0 Å². The molecular formula is C22H19N7O. The minimum absolute atomic E-state index is 0.104. The third-order valence-corrected chi connectivity index (χ3v) is 5.33. The van der Waals surface area contributed by atoms with Crippen LogP contribution in [0.1, 0.15) is 16.8 Å². The van der Waals surface area contributed by atoms with Gasteiger partial charge in [0.2, 0.25) is 0 Å². The Kier molecular flexibility index (Phi) is 4.06. The molecule has 0 bridgehead atoms. The van der Waals surface area contributed by atoms with E-state index < -0.39 is 0 Å². The molecular weight excluding hydrogens is 378 g/mol. The number of anilines is 1. The van der Waals surface area contributed by atoms with E-state index in [0.29, 0.717) is 34.3 Å². The highest BCUT2D eigenvalue weighted by molar-refractivity contribution is 5.85. The number of hydrogen-bond acceptors (Lipinski definition) is 6. The molecule has 0 fully saturated rings. The summed E-state index contributed by atoms with van der Waals surface area (Å²) in [6, 6.07) is 11.6. The topological polar surface area (TPSA) is 105 Å². The van der Waals surface area contributed by atoms with Crippen LogP contribution in [0.25, 0.3) is 27.6 Å². The number of aryl methyl sites for hydroxylation is 2. The number of aromatic nitrogens is 6. The summed E-state index contributed by atoms with van der Waals surface area (Å²) in [5.74, 6) is 0.373. The van der Waals surface area contributed by atoms with Gasteiger partial charge in [-0.05, 0) is 43.2 Å². The van der Waals surface area contributed by atoms with E-state index in [1.165, 1.54) is 6.33 Å². The van der Waals surface area contributed by atoms with Gasteiger partial charge in [-0.25, -0.2) is 14.6 Å². The predicted octanol–water partition coefficient (Wildman–Crippen LogP) is 2.77. The zero-order valence-electron chi connectivity index (χ0n) is 16.6. The molecule has 8 heteroatoms. The highest BCUT2D eigenvalue weighted by Gasteiger charge is 2.17. The van der Waals surface area contributed by atoms with Crippen molar-refractivity contribution in [1.82, 2.24) is 29.3 Å². The first-order valence-electron chi connectivity index (χ1n) is 9.53.